The Balaban J connectivity index is 1.78. The Morgan fingerprint density at radius 1 is 1.30 bits per heavy atom. The van der Waals surface area contributed by atoms with Gasteiger partial charge in [0.15, 0.2) is 0 Å². The summed E-state index contributed by atoms with van der Waals surface area (Å²) in [6.07, 6.45) is 4.78. The van der Waals surface area contributed by atoms with Crippen LogP contribution in [0, 0.1) is 17.3 Å². The van der Waals surface area contributed by atoms with Crippen LogP contribution in [0.5, 0.6) is 0 Å². The third kappa shape index (κ3) is 3.95. The number of hydrogen-bond acceptors (Lipinski definition) is 3. The predicted molar refractivity (Wildman–Crippen MR) is 82.6 cm³/mol. The van der Waals surface area contributed by atoms with Gasteiger partial charge in [0.2, 0.25) is 5.91 Å². The molecule has 2 heterocycles. The third-order valence-corrected chi connectivity index (χ3v) is 5.29. The third-order valence-electron chi connectivity index (χ3n) is 5.29. The van der Waals surface area contributed by atoms with Gasteiger partial charge < -0.3 is 15.5 Å². The standard InChI is InChI=1S/C16H31N3O/c1-16(2,14-5-4-8-17-12-14)15(20)18-11-13-6-9-19(3)10-7-13/h13-14,17H,4-12H2,1-3H3,(H,18,20). The van der Waals surface area contributed by atoms with E-state index >= 15 is 0 Å². The summed E-state index contributed by atoms with van der Waals surface area (Å²) >= 11 is 0. The first kappa shape index (κ1) is 15.8. The van der Waals surface area contributed by atoms with Crippen LogP contribution in [0.25, 0.3) is 0 Å². The molecule has 0 aromatic rings. The molecule has 0 spiro atoms. The van der Waals surface area contributed by atoms with Gasteiger partial charge in [0, 0.05) is 12.0 Å². The van der Waals surface area contributed by atoms with Crippen molar-refractivity contribution in [2.45, 2.75) is 39.5 Å². The van der Waals surface area contributed by atoms with Crippen molar-refractivity contribution >= 4 is 5.91 Å². The highest BCUT2D eigenvalue weighted by molar-refractivity contribution is 5.82. The van der Waals surface area contributed by atoms with E-state index in [0.29, 0.717) is 11.8 Å². The lowest BCUT2D eigenvalue weighted by Gasteiger charge is -2.37. The number of likely N-dealkylation sites (tertiary alicyclic amines) is 1. The molecule has 0 aromatic heterocycles. The van der Waals surface area contributed by atoms with E-state index in [9.17, 15) is 4.79 Å². The lowest BCUT2D eigenvalue weighted by Crippen LogP contribution is -2.48. The van der Waals surface area contributed by atoms with Gasteiger partial charge in [-0.2, -0.15) is 0 Å². The number of piperidine rings is 2. The van der Waals surface area contributed by atoms with E-state index < -0.39 is 0 Å². The summed E-state index contributed by atoms with van der Waals surface area (Å²) in [6, 6.07) is 0. The zero-order chi connectivity index (χ0) is 14.6. The van der Waals surface area contributed by atoms with Crippen molar-refractivity contribution in [3.63, 3.8) is 0 Å². The van der Waals surface area contributed by atoms with Crippen molar-refractivity contribution in [2.75, 3.05) is 39.8 Å². The van der Waals surface area contributed by atoms with E-state index in [1.54, 1.807) is 0 Å². The summed E-state index contributed by atoms with van der Waals surface area (Å²) in [7, 11) is 2.17. The molecule has 0 radical (unpaired) electrons. The molecular formula is C16H31N3O. The molecule has 4 heteroatoms. The Morgan fingerprint density at radius 2 is 2.00 bits per heavy atom. The summed E-state index contributed by atoms with van der Waals surface area (Å²) in [5.41, 5.74) is -0.251. The average Bonchev–Trinajstić information content (AvgIpc) is 2.47. The minimum absolute atomic E-state index is 0.241. The Labute approximate surface area is 123 Å². The van der Waals surface area contributed by atoms with E-state index in [1.807, 2.05) is 0 Å². The molecule has 2 aliphatic heterocycles. The lowest BCUT2D eigenvalue weighted by atomic mass is 9.74. The monoisotopic (exact) mass is 281 g/mol. The first-order valence-electron chi connectivity index (χ1n) is 8.17. The van der Waals surface area contributed by atoms with Crippen LogP contribution in [0.15, 0.2) is 0 Å². The predicted octanol–water partition coefficient (Wildman–Crippen LogP) is 1.47. The van der Waals surface area contributed by atoms with Crippen molar-refractivity contribution in [3.05, 3.63) is 0 Å². The average molecular weight is 281 g/mol. The van der Waals surface area contributed by atoms with Gasteiger partial charge in [-0.3, -0.25) is 4.79 Å². The zero-order valence-corrected chi connectivity index (χ0v) is 13.4. The molecule has 0 aromatic carbocycles. The molecule has 0 bridgehead atoms. The lowest BCUT2D eigenvalue weighted by molar-refractivity contribution is -0.132. The quantitative estimate of drug-likeness (QED) is 0.820. The van der Waals surface area contributed by atoms with Crippen LogP contribution >= 0.6 is 0 Å². The van der Waals surface area contributed by atoms with Crippen molar-refractivity contribution in [1.82, 2.24) is 15.5 Å². The van der Waals surface area contributed by atoms with Gasteiger partial charge >= 0.3 is 0 Å². The fourth-order valence-corrected chi connectivity index (χ4v) is 3.38. The molecule has 2 saturated heterocycles. The number of hydrogen-bond donors (Lipinski definition) is 2. The number of carbonyl (C=O) groups excluding carboxylic acids is 1. The summed E-state index contributed by atoms with van der Waals surface area (Å²) < 4.78 is 0. The van der Waals surface area contributed by atoms with Crippen LogP contribution in [-0.4, -0.2) is 50.6 Å². The molecule has 2 N–H and O–H groups in total. The van der Waals surface area contributed by atoms with Gasteiger partial charge in [0.05, 0.1) is 0 Å². The normalized spacial score (nSPS) is 26.4. The van der Waals surface area contributed by atoms with E-state index in [-0.39, 0.29) is 11.3 Å². The van der Waals surface area contributed by atoms with Crippen molar-refractivity contribution < 1.29 is 4.79 Å². The first-order valence-corrected chi connectivity index (χ1v) is 8.17. The van der Waals surface area contributed by atoms with Gasteiger partial charge in [-0.15, -0.1) is 0 Å². The second kappa shape index (κ2) is 6.90. The summed E-state index contributed by atoms with van der Waals surface area (Å²) in [6.45, 7) is 9.48. The Morgan fingerprint density at radius 3 is 2.60 bits per heavy atom. The van der Waals surface area contributed by atoms with Crippen molar-refractivity contribution in [1.29, 1.82) is 0 Å². The van der Waals surface area contributed by atoms with Gasteiger partial charge in [-0.05, 0) is 70.7 Å². The van der Waals surface area contributed by atoms with Crippen LogP contribution in [0.3, 0.4) is 0 Å². The van der Waals surface area contributed by atoms with Crippen molar-refractivity contribution in [2.24, 2.45) is 17.3 Å². The van der Waals surface area contributed by atoms with Crippen LogP contribution in [0.1, 0.15) is 39.5 Å². The highest BCUT2D eigenvalue weighted by atomic mass is 16.2. The number of carbonyl (C=O) groups is 1. The first-order chi connectivity index (χ1) is 9.50. The Hall–Kier alpha value is -0.610. The molecule has 2 aliphatic rings. The maximum absolute atomic E-state index is 12.5. The fourth-order valence-electron chi connectivity index (χ4n) is 3.38. The molecule has 0 saturated carbocycles. The molecule has 2 rings (SSSR count). The number of nitrogens with zero attached hydrogens (tertiary/aromatic N) is 1. The van der Waals surface area contributed by atoms with Gasteiger partial charge in [-0.1, -0.05) is 13.8 Å². The van der Waals surface area contributed by atoms with Crippen LogP contribution in [-0.2, 0) is 4.79 Å². The topological polar surface area (TPSA) is 44.4 Å². The summed E-state index contributed by atoms with van der Waals surface area (Å²) in [5, 5.41) is 6.64. The van der Waals surface area contributed by atoms with Crippen LogP contribution < -0.4 is 10.6 Å². The number of rotatable bonds is 4. The summed E-state index contributed by atoms with van der Waals surface area (Å²) in [5.74, 6) is 1.37. The number of amides is 1. The highest BCUT2D eigenvalue weighted by Gasteiger charge is 2.37. The van der Waals surface area contributed by atoms with Crippen LogP contribution in [0.2, 0.25) is 0 Å². The Bertz CT molecular complexity index is 316. The van der Waals surface area contributed by atoms with Gasteiger partial charge in [-0.25, -0.2) is 0 Å². The molecule has 20 heavy (non-hydrogen) atoms. The summed E-state index contributed by atoms with van der Waals surface area (Å²) in [4.78, 5) is 14.9. The van der Waals surface area contributed by atoms with Gasteiger partial charge in [0.25, 0.3) is 0 Å². The van der Waals surface area contributed by atoms with E-state index in [2.05, 4.69) is 36.4 Å². The SMILES string of the molecule is CN1CCC(CNC(=O)C(C)(C)C2CCCNC2)CC1. The molecule has 4 nitrogen and oxygen atoms in total. The van der Waals surface area contributed by atoms with E-state index in [0.717, 1.165) is 32.7 Å². The largest absolute Gasteiger partial charge is 0.355 e. The number of nitrogens with one attached hydrogen (secondary N) is 2. The smallest absolute Gasteiger partial charge is 0.225 e. The molecular weight excluding hydrogens is 250 g/mol. The van der Waals surface area contributed by atoms with Gasteiger partial charge in [0.1, 0.15) is 0 Å². The second-order valence-corrected chi connectivity index (χ2v) is 7.22. The molecule has 0 aliphatic carbocycles. The minimum atomic E-state index is -0.251. The minimum Gasteiger partial charge on any atom is -0.355 e. The van der Waals surface area contributed by atoms with Crippen LogP contribution in [0.4, 0.5) is 0 Å². The zero-order valence-electron chi connectivity index (χ0n) is 13.4. The highest BCUT2D eigenvalue weighted by Crippen LogP contribution is 2.32. The second-order valence-electron chi connectivity index (χ2n) is 7.22. The maximum atomic E-state index is 12.5. The van der Waals surface area contributed by atoms with Crippen molar-refractivity contribution in [3.8, 4) is 0 Å². The Kier molecular flexibility index (Phi) is 5.44. The molecule has 1 unspecified atom stereocenters. The fraction of sp³-hybridized carbons (Fsp3) is 0.938. The molecule has 2 fully saturated rings. The van der Waals surface area contributed by atoms with E-state index in [1.165, 1.54) is 25.7 Å². The maximum Gasteiger partial charge on any atom is 0.225 e. The molecule has 116 valence electrons. The molecule has 1 atom stereocenters. The molecule has 1 amide bonds. The van der Waals surface area contributed by atoms with E-state index in [4.69, 9.17) is 0 Å².